The fourth-order valence-corrected chi connectivity index (χ4v) is 5.39. The van der Waals surface area contributed by atoms with Crippen LogP contribution in [-0.4, -0.2) is 42.9 Å². The number of benzene rings is 1. The van der Waals surface area contributed by atoms with Gasteiger partial charge in [-0.3, -0.25) is 14.6 Å². The Balaban J connectivity index is 1.19. The molecule has 4 aromatic rings. The monoisotopic (exact) mass is 497 g/mol. The molecule has 0 unspecified atom stereocenters. The predicted molar refractivity (Wildman–Crippen MR) is 130 cm³/mol. The summed E-state index contributed by atoms with van der Waals surface area (Å²) in [6.07, 6.45) is 2.81. The fraction of sp³-hybridized carbons (Fsp3) is 0.190. The van der Waals surface area contributed by atoms with Crippen molar-refractivity contribution >= 4 is 56.5 Å². The molecule has 0 aliphatic rings. The third-order valence-corrected chi connectivity index (χ3v) is 7.05. The molecule has 0 fully saturated rings. The van der Waals surface area contributed by atoms with E-state index in [1.54, 1.807) is 18.3 Å². The molecule has 0 saturated carbocycles. The standard InChI is InChI=1S/C21H19N7O2S3/c29-16(12-14-6-2-1-3-7-14)23-19-26-25-18(32-19)9-11-31-21-28-27-20(33-21)24-17(30)13-15-8-4-5-10-22-15/h1-8,10H,9,11-13H2,(H,23,26,29)(H,24,27,30). The summed E-state index contributed by atoms with van der Waals surface area (Å²) in [5.41, 5.74) is 1.64. The lowest BCUT2D eigenvalue weighted by atomic mass is 10.1. The minimum absolute atomic E-state index is 0.121. The second kappa shape index (κ2) is 11.6. The summed E-state index contributed by atoms with van der Waals surface area (Å²) in [6.45, 7) is 0. The number of aromatic nitrogens is 5. The second-order valence-electron chi connectivity index (χ2n) is 6.73. The summed E-state index contributed by atoms with van der Waals surface area (Å²) in [7, 11) is 0. The first-order valence-electron chi connectivity index (χ1n) is 9.96. The number of rotatable bonds is 10. The Labute approximate surface area is 202 Å². The fourth-order valence-electron chi connectivity index (χ4n) is 2.72. The number of anilines is 2. The van der Waals surface area contributed by atoms with Crippen LogP contribution >= 0.6 is 34.4 Å². The largest absolute Gasteiger partial charge is 0.300 e. The Kier molecular flexibility index (Phi) is 8.06. The van der Waals surface area contributed by atoms with E-state index < -0.39 is 0 Å². The lowest BCUT2D eigenvalue weighted by molar-refractivity contribution is -0.116. The number of nitrogens with zero attached hydrogens (tertiary/aromatic N) is 5. The maximum absolute atomic E-state index is 12.1. The highest BCUT2D eigenvalue weighted by atomic mass is 32.2. The number of thioether (sulfide) groups is 1. The number of amides is 2. The quantitative estimate of drug-likeness (QED) is 0.252. The molecular formula is C21H19N7O2S3. The van der Waals surface area contributed by atoms with E-state index >= 15 is 0 Å². The Bertz CT molecular complexity index is 1110. The van der Waals surface area contributed by atoms with Crippen LogP contribution in [0.2, 0.25) is 0 Å². The average molecular weight is 498 g/mol. The van der Waals surface area contributed by atoms with Crippen LogP contribution in [0, 0.1) is 0 Å². The minimum atomic E-state index is -0.183. The van der Waals surface area contributed by atoms with E-state index in [1.165, 1.54) is 34.4 Å². The smallest absolute Gasteiger partial charge is 0.232 e. The van der Waals surface area contributed by atoms with Crippen LogP contribution in [0.5, 0.6) is 0 Å². The first-order valence-corrected chi connectivity index (χ1v) is 12.6. The number of aryl methyl sites for hydroxylation is 1. The van der Waals surface area contributed by atoms with Crippen molar-refractivity contribution in [1.29, 1.82) is 0 Å². The van der Waals surface area contributed by atoms with Crippen LogP contribution in [0.4, 0.5) is 10.3 Å². The second-order valence-corrected chi connectivity index (χ2v) is 10.1. The molecule has 2 N–H and O–H groups in total. The molecule has 3 aromatic heterocycles. The molecule has 33 heavy (non-hydrogen) atoms. The maximum atomic E-state index is 12.1. The van der Waals surface area contributed by atoms with Gasteiger partial charge >= 0.3 is 0 Å². The zero-order valence-electron chi connectivity index (χ0n) is 17.3. The topological polar surface area (TPSA) is 123 Å². The Hall–Kier alpha value is -3.22. The molecule has 0 atom stereocenters. The van der Waals surface area contributed by atoms with Crippen molar-refractivity contribution in [1.82, 2.24) is 25.4 Å². The highest BCUT2D eigenvalue weighted by Gasteiger charge is 2.12. The van der Waals surface area contributed by atoms with Gasteiger partial charge < -0.3 is 10.6 Å². The van der Waals surface area contributed by atoms with Gasteiger partial charge in [-0.25, -0.2) is 0 Å². The number of carbonyl (C=O) groups excluding carboxylic acids is 2. The molecule has 1 aromatic carbocycles. The molecule has 0 radical (unpaired) electrons. The highest BCUT2D eigenvalue weighted by Crippen LogP contribution is 2.27. The maximum Gasteiger partial charge on any atom is 0.232 e. The predicted octanol–water partition coefficient (Wildman–Crippen LogP) is 3.48. The van der Waals surface area contributed by atoms with Gasteiger partial charge in [0.15, 0.2) is 4.34 Å². The molecule has 0 saturated heterocycles. The van der Waals surface area contributed by atoms with E-state index in [9.17, 15) is 9.59 Å². The van der Waals surface area contributed by atoms with E-state index in [0.717, 1.165) is 20.7 Å². The molecule has 2 amide bonds. The normalized spacial score (nSPS) is 10.7. The third kappa shape index (κ3) is 7.41. The van der Waals surface area contributed by atoms with E-state index in [0.29, 0.717) is 28.8 Å². The Morgan fingerprint density at radius 1 is 0.818 bits per heavy atom. The zero-order chi connectivity index (χ0) is 22.9. The molecule has 0 spiro atoms. The molecule has 4 rings (SSSR count). The van der Waals surface area contributed by atoms with Crippen LogP contribution in [0.3, 0.4) is 0 Å². The van der Waals surface area contributed by atoms with Crippen LogP contribution in [0.15, 0.2) is 59.1 Å². The van der Waals surface area contributed by atoms with Gasteiger partial charge in [-0.2, -0.15) is 0 Å². The van der Waals surface area contributed by atoms with E-state index in [1.807, 2.05) is 36.4 Å². The molecule has 168 valence electrons. The lowest BCUT2D eigenvalue weighted by Crippen LogP contribution is -2.14. The summed E-state index contributed by atoms with van der Waals surface area (Å²) in [4.78, 5) is 28.4. The van der Waals surface area contributed by atoms with Crippen molar-refractivity contribution in [3.63, 3.8) is 0 Å². The van der Waals surface area contributed by atoms with Crippen molar-refractivity contribution in [3.05, 3.63) is 71.0 Å². The summed E-state index contributed by atoms with van der Waals surface area (Å²) < 4.78 is 0.754. The zero-order valence-corrected chi connectivity index (χ0v) is 19.8. The van der Waals surface area contributed by atoms with Crippen molar-refractivity contribution < 1.29 is 9.59 Å². The van der Waals surface area contributed by atoms with Crippen molar-refractivity contribution in [2.24, 2.45) is 0 Å². The first-order chi connectivity index (χ1) is 16.1. The number of hydrogen-bond acceptors (Lipinski definition) is 10. The SMILES string of the molecule is O=C(Cc1ccccc1)Nc1nnc(CCSc2nnc(NC(=O)Cc3ccccn3)s2)s1. The summed E-state index contributed by atoms with van der Waals surface area (Å²) in [6, 6.07) is 15.0. The van der Waals surface area contributed by atoms with Crippen molar-refractivity contribution in [2.45, 2.75) is 23.6 Å². The van der Waals surface area contributed by atoms with Gasteiger partial charge in [0.05, 0.1) is 12.8 Å². The minimum Gasteiger partial charge on any atom is -0.300 e. The molecule has 0 aliphatic heterocycles. The third-order valence-electron chi connectivity index (χ3n) is 4.18. The highest BCUT2D eigenvalue weighted by molar-refractivity contribution is 8.01. The van der Waals surface area contributed by atoms with Crippen LogP contribution in [0.25, 0.3) is 0 Å². The van der Waals surface area contributed by atoms with E-state index in [2.05, 4.69) is 36.0 Å². The van der Waals surface area contributed by atoms with Crippen LogP contribution < -0.4 is 10.6 Å². The molecule has 12 heteroatoms. The molecular weight excluding hydrogens is 478 g/mol. The average Bonchev–Trinajstić information content (AvgIpc) is 3.44. The van der Waals surface area contributed by atoms with Gasteiger partial charge in [-0.1, -0.05) is 70.8 Å². The molecule has 3 heterocycles. The number of pyridine rings is 1. The molecule has 9 nitrogen and oxygen atoms in total. The Morgan fingerprint density at radius 2 is 1.55 bits per heavy atom. The van der Waals surface area contributed by atoms with Gasteiger partial charge in [0.2, 0.25) is 22.1 Å². The van der Waals surface area contributed by atoms with Crippen LogP contribution in [-0.2, 0) is 28.9 Å². The van der Waals surface area contributed by atoms with Gasteiger partial charge in [0, 0.05) is 24.1 Å². The van der Waals surface area contributed by atoms with Crippen LogP contribution in [0.1, 0.15) is 16.3 Å². The van der Waals surface area contributed by atoms with Crippen molar-refractivity contribution in [3.8, 4) is 0 Å². The summed E-state index contributed by atoms with van der Waals surface area (Å²) in [5, 5.41) is 23.6. The summed E-state index contributed by atoms with van der Waals surface area (Å²) >= 11 is 4.20. The van der Waals surface area contributed by atoms with Gasteiger partial charge in [0.25, 0.3) is 0 Å². The van der Waals surface area contributed by atoms with E-state index in [4.69, 9.17) is 0 Å². The van der Waals surface area contributed by atoms with Gasteiger partial charge in [-0.05, 0) is 17.7 Å². The van der Waals surface area contributed by atoms with Crippen molar-refractivity contribution in [2.75, 3.05) is 16.4 Å². The van der Waals surface area contributed by atoms with Gasteiger partial charge in [0.1, 0.15) is 5.01 Å². The van der Waals surface area contributed by atoms with Gasteiger partial charge in [-0.15, -0.1) is 20.4 Å². The van der Waals surface area contributed by atoms with E-state index in [-0.39, 0.29) is 18.2 Å². The summed E-state index contributed by atoms with van der Waals surface area (Å²) in [5.74, 6) is 0.421. The molecule has 0 aliphatic carbocycles. The number of hydrogen-bond donors (Lipinski definition) is 2. The molecule has 0 bridgehead atoms. The number of carbonyl (C=O) groups is 2. The lowest BCUT2D eigenvalue weighted by Gasteiger charge is -2.00. The Morgan fingerprint density at radius 3 is 2.33 bits per heavy atom. The first kappa shape index (κ1) is 23.0. The number of nitrogens with one attached hydrogen (secondary N) is 2.